The number of rotatable bonds is 7. The van der Waals surface area contributed by atoms with Crippen molar-refractivity contribution in [3.8, 4) is 0 Å². The fourth-order valence-corrected chi connectivity index (χ4v) is 8.14. The molecule has 2 radical (unpaired) electrons. The normalized spacial score (nSPS) is 29.6. The maximum Gasteiger partial charge on any atom is 0.416 e. The van der Waals surface area contributed by atoms with E-state index >= 15 is 0 Å². The minimum atomic E-state index is -2.00. The minimum absolute atomic E-state index is 0.442. The van der Waals surface area contributed by atoms with Crippen molar-refractivity contribution in [1.82, 2.24) is 9.34 Å². The van der Waals surface area contributed by atoms with Crippen LogP contribution in [0.5, 0.6) is 0 Å². The summed E-state index contributed by atoms with van der Waals surface area (Å²) in [7, 11) is 8.88. The van der Waals surface area contributed by atoms with Gasteiger partial charge >= 0.3 is 7.57 Å². The van der Waals surface area contributed by atoms with Crippen LogP contribution in [0.1, 0.15) is 32.1 Å². The topological polar surface area (TPSA) is 24.9 Å². The van der Waals surface area contributed by atoms with Gasteiger partial charge in [0, 0.05) is 27.3 Å². The van der Waals surface area contributed by atoms with Crippen molar-refractivity contribution in [1.29, 1.82) is 0 Å². The van der Waals surface area contributed by atoms with Gasteiger partial charge in [0.2, 0.25) is 0 Å². The predicted octanol–water partition coefficient (Wildman–Crippen LogP) is 2.98. The second-order valence-corrected chi connectivity index (χ2v) is 9.59. The Balaban J connectivity index is 1.92. The van der Waals surface area contributed by atoms with Crippen molar-refractivity contribution < 1.29 is 9.47 Å². The molecule has 2 atom stereocenters. The summed E-state index contributed by atoms with van der Waals surface area (Å²) in [5.74, 6) is 0. The van der Waals surface area contributed by atoms with E-state index in [0.29, 0.717) is 12.1 Å². The molecule has 0 aromatic carbocycles. The van der Waals surface area contributed by atoms with Crippen LogP contribution in [-0.4, -0.2) is 69.5 Å². The molecule has 23 heavy (non-hydrogen) atoms. The van der Waals surface area contributed by atoms with Gasteiger partial charge in [-0.05, 0) is 44.3 Å². The summed E-state index contributed by atoms with van der Waals surface area (Å²) in [5.41, 5.74) is 0. The lowest BCUT2D eigenvalue weighted by Crippen LogP contribution is -2.44. The minimum Gasteiger partial charge on any atom is -0.383 e. The molecule has 0 spiro atoms. The molecule has 126 valence electrons. The third-order valence-corrected chi connectivity index (χ3v) is 9.04. The molecule has 0 aromatic heterocycles. The van der Waals surface area contributed by atoms with E-state index in [1.165, 1.54) is 31.0 Å². The first-order valence-corrected chi connectivity index (χ1v) is 10.5. The van der Waals surface area contributed by atoms with E-state index in [1.807, 2.05) is 0 Å². The third kappa shape index (κ3) is 3.32. The monoisotopic (exact) mass is 335 g/mol. The summed E-state index contributed by atoms with van der Waals surface area (Å²) in [5, 5.41) is 1.35. The van der Waals surface area contributed by atoms with Crippen LogP contribution in [0.3, 0.4) is 0 Å². The summed E-state index contributed by atoms with van der Waals surface area (Å²) in [6, 6.07) is 0.883. The molecule has 0 aromatic rings. The van der Waals surface area contributed by atoms with Crippen molar-refractivity contribution in [2.75, 3.05) is 40.5 Å². The van der Waals surface area contributed by atoms with Crippen LogP contribution in [0, 0.1) is 0 Å². The molecule has 0 amide bonds. The highest BCUT2D eigenvalue weighted by molar-refractivity contribution is 7.97. The first-order valence-electron chi connectivity index (χ1n) is 8.78. The number of nitrogens with zero attached hydrogens (tertiary/aromatic N) is 2. The zero-order chi connectivity index (χ0) is 16.3. The van der Waals surface area contributed by atoms with E-state index in [9.17, 15) is 0 Å². The van der Waals surface area contributed by atoms with E-state index in [0.717, 1.165) is 32.7 Å². The molecular weight excluding hydrogens is 306 g/mol. The van der Waals surface area contributed by atoms with Gasteiger partial charge in [-0.3, -0.25) is 0 Å². The Morgan fingerprint density at radius 1 is 1.09 bits per heavy atom. The van der Waals surface area contributed by atoms with E-state index in [1.54, 1.807) is 14.2 Å². The predicted molar refractivity (Wildman–Crippen MR) is 97.7 cm³/mol. The van der Waals surface area contributed by atoms with Crippen molar-refractivity contribution in [3.63, 3.8) is 0 Å². The zero-order valence-electron chi connectivity index (χ0n) is 14.5. The Labute approximate surface area is 142 Å². The number of methoxy groups -OCH3 is 2. The molecule has 4 nitrogen and oxygen atoms in total. The molecular formula is C17H29BN2O2P+. The number of hydrogen-bond donors (Lipinski definition) is 0. The molecule has 2 heterocycles. The van der Waals surface area contributed by atoms with E-state index in [4.69, 9.17) is 17.0 Å². The molecule has 2 saturated heterocycles. The van der Waals surface area contributed by atoms with Gasteiger partial charge in [-0.25, -0.2) is 0 Å². The summed E-state index contributed by atoms with van der Waals surface area (Å²) >= 11 is 0. The lowest BCUT2D eigenvalue weighted by Gasteiger charge is -2.43. The largest absolute Gasteiger partial charge is 0.416 e. The molecule has 3 aliphatic rings. The Morgan fingerprint density at radius 3 is 2.09 bits per heavy atom. The zero-order valence-corrected chi connectivity index (χ0v) is 15.4. The van der Waals surface area contributed by atoms with Gasteiger partial charge < -0.3 is 9.47 Å². The highest BCUT2D eigenvalue weighted by Crippen LogP contribution is 2.71. The first-order chi connectivity index (χ1) is 11.2. The van der Waals surface area contributed by atoms with Crippen LogP contribution >= 0.6 is 7.44 Å². The fourth-order valence-electron chi connectivity index (χ4n) is 4.30. The average molecular weight is 335 g/mol. The highest BCUT2D eigenvalue weighted by atomic mass is 31.2. The molecule has 0 unspecified atom stereocenters. The SMILES string of the molecule is [B][P+](C1=CCC=C1)(N1CCC[C@H]1COC)N1CCC[C@H]1COC. The molecule has 6 heteroatoms. The van der Waals surface area contributed by atoms with Crippen LogP contribution < -0.4 is 0 Å². The van der Waals surface area contributed by atoms with Gasteiger partial charge in [0.25, 0.3) is 0 Å². The van der Waals surface area contributed by atoms with Crippen molar-refractivity contribution in [3.05, 3.63) is 23.5 Å². The lowest BCUT2D eigenvalue weighted by molar-refractivity contribution is 0.137. The quantitative estimate of drug-likeness (QED) is 0.528. The van der Waals surface area contributed by atoms with Crippen LogP contribution in [0.4, 0.5) is 0 Å². The molecule has 1 aliphatic carbocycles. The smallest absolute Gasteiger partial charge is 0.383 e. The maximum atomic E-state index is 7.29. The second-order valence-electron chi connectivity index (χ2n) is 6.75. The van der Waals surface area contributed by atoms with Gasteiger partial charge in [-0.1, -0.05) is 6.08 Å². The van der Waals surface area contributed by atoms with Gasteiger partial charge in [0.05, 0.1) is 25.3 Å². The van der Waals surface area contributed by atoms with Gasteiger partial charge in [0.1, 0.15) is 12.8 Å². The standard InChI is InChI=1S/C17H29BN2O2P/c1-21-13-15-7-5-11-19(15)23(18,17-9-3-4-10-17)20-12-6-8-16(20)14-22-2/h3,9-10,15-16H,4-8,11-14H2,1-2H3/q+1/t15-,16-/m0/s1. The summed E-state index contributed by atoms with van der Waals surface area (Å²) in [6.07, 6.45) is 12.6. The Hall–Kier alpha value is -0.185. The molecule has 2 fully saturated rings. The molecule has 3 rings (SSSR count). The van der Waals surface area contributed by atoms with E-state index in [-0.39, 0.29) is 0 Å². The Bertz CT molecular complexity index is 448. The number of ether oxygens (including phenoxy) is 2. The highest BCUT2D eigenvalue weighted by Gasteiger charge is 2.56. The number of allylic oxidation sites excluding steroid dienone is 4. The maximum absolute atomic E-state index is 7.29. The Kier molecular flexibility index (Phi) is 5.98. The summed E-state index contributed by atoms with van der Waals surface area (Å²) in [4.78, 5) is 0. The summed E-state index contributed by atoms with van der Waals surface area (Å²) in [6.45, 7) is 3.72. The van der Waals surface area contributed by atoms with E-state index < -0.39 is 7.44 Å². The van der Waals surface area contributed by atoms with Crippen molar-refractivity contribution in [2.24, 2.45) is 0 Å². The van der Waals surface area contributed by atoms with E-state index in [2.05, 4.69) is 27.6 Å². The summed E-state index contributed by atoms with van der Waals surface area (Å²) < 4.78 is 16.2. The van der Waals surface area contributed by atoms with Gasteiger partial charge in [-0.2, -0.15) is 9.34 Å². The van der Waals surface area contributed by atoms with Crippen molar-refractivity contribution >= 4 is 15.0 Å². The first kappa shape index (κ1) is 17.6. The third-order valence-electron chi connectivity index (χ3n) is 5.33. The van der Waals surface area contributed by atoms with Gasteiger partial charge in [-0.15, -0.1) is 0 Å². The fraction of sp³-hybridized carbons (Fsp3) is 0.765. The number of hydrogen-bond acceptors (Lipinski definition) is 4. The Morgan fingerprint density at radius 2 is 1.65 bits per heavy atom. The average Bonchev–Trinajstić information content (AvgIpc) is 3.29. The van der Waals surface area contributed by atoms with Crippen molar-refractivity contribution in [2.45, 2.75) is 44.2 Å². The van der Waals surface area contributed by atoms with Crippen LogP contribution in [0.25, 0.3) is 0 Å². The molecule has 0 bridgehead atoms. The van der Waals surface area contributed by atoms with Crippen LogP contribution in [0.15, 0.2) is 23.5 Å². The molecule has 0 saturated carbocycles. The van der Waals surface area contributed by atoms with Gasteiger partial charge in [0.15, 0.2) is 0 Å². The second kappa shape index (κ2) is 7.80. The molecule has 2 aliphatic heterocycles. The van der Waals surface area contributed by atoms with Crippen LogP contribution in [-0.2, 0) is 9.47 Å². The van der Waals surface area contributed by atoms with Crippen LogP contribution in [0.2, 0.25) is 0 Å². The molecule has 0 N–H and O–H groups in total. The lowest BCUT2D eigenvalue weighted by atomic mass is 10.2.